The molecule has 0 radical (unpaired) electrons. The highest BCUT2D eigenvalue weighted by Crippen LogP contribution is 2.19. The standard InChI is InChI=1S/C18H29N3O3S/c1-14(19-15-9-6-4-5-7-10-15)18(22)20-16-11-8-12-17(13-16)25(23,24)21(2)3/h8,11-15,19H,4-7,9-10H2,1-3H3,(H,20,22)/t14-/m1/s1. The third-order valence-electron chi connectivity index (χ3n) is 4.61. The van der Waals surface area contributed by atoms with E-state index in [1.165, 1.54) is 51.9 Å². The van der Waals surface area contributed by atoms with Gasteiger partial charge in [0.25, 0.3) is 0 Å². The summed E-state index contributed by atoms with van der Waals surface area (Å²) in [6.45, 7) is 1.85. The maximum Gasteiger partial charge on any atom is 0.242 e. The van der Waals surface area contributed by atoms with Crippen molar-refractivity contribution in [2.75, 3.05) is 19.4 Å². The maximum absolute atomic E-state index is 12.4. The zero-order chi connectivity index (χ0) is 18.4. The molecule has 0 aliphatic heterocycles. The first-order valence-electron chi connectivity index (χ1n) is 8.90. The predicted molar refractivity (Wildman–Crippen MR) is 100 cm³/mol. The summed E-state index contributed by atoms with van der Waals surface area (Å²) in [6.07, 6.45) is 7.16. The Labute approximate surface area is 151 Å². The molecule has 0 spiro atoms. The molecule has 2 N–H and O–H groups in total. The zero-order valence-electron chi connectivity index (χ0n) is 15.3. The lowest BCUT2D eigenvalue weighted by atomic mass is 10.1. The molecule has 1 aromatic carbocycles. The predicted octanol–water partition coefficient (Wildman–Crippen LogP) is 2.58. The van der Waals surface area contributed by atoms with E-state index in [1.807, 2.05) is 6.92 Å². The van der Waals surface area contributed by atoms with Crippen molar-refractivity contribution < 1.29 is 13.2 Å². The monoisotopic (exact) mass is 367 g/mol. The summed E-state index contributed by atoms with van der Waals surface area (Å²) in [4.78, 5) is 12.6. The number of rotatable bonds is 6. The fraction of sp³-hybridized carbons (Fsp3) is 0.611. The van der Waals surface area contributed by atoms with Crippen LogP contribution in [0, 0.1) is 0 Å². The highest BCUT2D eigenvalue weighted by atomic mass is 32.2. The number of hydrogen-bond donors (Lipinski definition) is 2. The normalized spacial score (nSPS) is 17.9. The van der Waals surface area contributed by atoms with E-state index in [0.717, 1.165) is 17.1 Å². The summed E-state index contributed by atoms with van der Waals surface area (Å²) < 4.78 is 25.6. The molecule has 0 bridgehead atoms. The van der Waals surface area contributed by atoms with E-state index in [0.29, 0.717) is 11.7 Å². The summed E-state index contributed by atoms with van der Waals surface area (Å²) in [7, 11) is -0.545. The molecule has 1 fully saturated rings. The smallest absolute Gasteiger partial charge is 0.242 e. The first kappa shape index (κ1) is 19.9. The number of carbonyl (C=O) groups excluding carboxylic acids is 1. The Bertz CT molecular complexity index is 681. The largest absolute Gasteiger partial charge is 0.325 e. The molecule has 140 valence electrons. The lowest BCUT2D eigenvalue weighted by Gasteiger charge is -2.21. The minimum Gasteiger partial charge on any atom is -0.325 e. The average molecular weight is 368 g/mol. The van der Waals surface area contributed by atoms with Crippen LogP contribution in [0.2, 0.25) is 0 Å². The van der Waals surface area contributed by atoms with E-state index in [-0.39, 0.29) is 16.8 Å². The minimum atomic E-state index is -3.52. The fourth-order valence-electron chi connectivity index (χ4n) is 3.07. The van der Waals surface area contributed by atoms with Gasteiger partial charge in [-0.25, -0.2) is 12.7 Å². The zero-order valence-corrected chi connectivity index (χ0v) is 16.1. The van der Waals surface area contributed by atoms with Gasteiger partial charge in [0.05, 0.1) is 10.9 Å². The van der Waals surface area contributed by atoms with Gasteiger partial charge in [0.2, 0.25) is 15.9 Å². The van der Waals surface area contributed by atoms with Crippen LogP contribution in [0.5, 0.6) is 0 Å². The number of amides is 1. The number of carbonyl (C=O) groups is 1. The lowest BCUT2D eigenvalue weighted by Crippen LogP contribution is -2.43. The minimum absolute atomic E-state index is 0.149. The molecule has 1 aliphatic rings. The Hall–Kier alpha value is -1.44. The fourth-order valence-corrected chi connectivity index (χ4v) is 4.02. The van der Waals surface area contributed by atoms with Crippen LogP contribution in [-0.2, 0) is 14.8 Å². The van der Waals surface area contributed by atoms with Gasteiger partial charge in [-0.2, -0.15) is 0 Å². The van der Waals surface area contributed by atoms with Crippen molar-refractivity contribution in [2.24, 2.45) is 0 Å². The Kier molecular flexibility index (Phi) is 6.98. The first-order chi connectivity index (χ1) is 11.8. The molecule has 1 atom stereocenters. The van der Waals surface area contributed by atoms with E-state index in [4.69, 9.17) is 0 Å². The second-order valence-electron chi connectivity index (χ2n) is 6.88. The van der Waals surface area contributed by atoms with Crippen LogP contribution in [0.4, 0.5) is 5.69 Å². The van der Waals surface area contributed by atoms with Crippen LogP contribution in [0.3, 0.4) is 0 Å². The molecule has 6 nitrogen and oxygen atoms in total. The number of anilines is 1. The van der Waals surface area contributed by atoms with Crippen LogP contribution >= 0.6 is 0 Å². The third kappa shape index (κ3) is 5.52. The third-order valence-corrected chi connectivity index (χ3v) is 6.43. The number of hydrogen-bond acceptors (Lipinski definition) is 4. The highest BCUT2D eigenvalue weighted by molar-refractivity contribution is 7.89. The van der Waals surface area contributed by atoms with Gasteiger partial charge < -0.3 is 10.6 Å². The van der Waals surface area contributed by atoms with Crippen molar-refractivity contribution >= 4 is 21.6 Å². The van der Waals surface area contributed by atoms with E-state index in [9.17, 15) is 13.2 Å². The summed E-state index contributed by atoms with van der Waals surface area (Å²) in [6, 6.07) is 6.41. The van der Waals surface area contributed by atoms with Crippen molar-refractivity contribution in [1.82, 2.24) is 9.62 Å². The van der Waals surface area contributed by atoms with Gasteiger partial charge in [0.1, 0.15) is 0 Å². The van der Waals surface area contributed by atoms with E-state index < -0.39 is 10.0 Å². The Morgan fingerprint density at radius 2 is 1.80 bits per heavy atom. The topological polar surface area (TPSA) is 78.5 Å². The molecule has 2 rings (SSSR count). The quantitative estimate of drug-likeness (QED) is 0.758. The van der Waals surface area contributed by atoms with Crippen molar-refractivity contribution in [3.05, 3.63) is 24.3 Å². The van der Waals surface area contributed by atoms with Gasteiger partial charge in [-0.15, -0.1) is 0 Å². The summed E-state index contributed by atoms with van der Waals surface area (Å²) in [5, 5.41) is 6.22. The second-order valence-corrected chi connectivity index (χ2v) is 9.03. The lowest BCUT2D eigenvalue weighted by molar-refractivity contribution is -0.118. The van der Waals surface area contributed by atoms with E-state index >= 15 is 0 Å². The van der Waals surface area contributed by atoms with Crippen LogP contribution in [0.25, 0.3) is 0 Å². The Balaban J connectivity index is 2.00. The van der Waals surface area contributed by atoms with Gasteiger partial charge in [0.15, 0.2) is 0 Å². The van der Waals surface area contributed by atoms with Gasteiger partial charge in [-0.05, 0) is 38.0 Å². The van der Waals surface area contributed by atoms with Gasteiger partial charge in [-0.3, -0.25) is 4.79 Å². The number of nitrogens with one attached hydrogen (secondary N) is 2. The number of sulfonamides is 1. The maximum atomic E-state index is 12.4. The first-order valence-corrected chi connectivity index (χ1v) is 10.3. The molecular formula is C18H29N3O3S. The van der Waals surface area contributed by atoms with Crippen LogP contribution in [0.15, 0.2) is 29.2 Å². The second kappa shape index (κ2) is 8.78. The van der Waals surface area contributed by atoms with Crippen molar-refractivity contribution in [2.45, 2.75) is 62.4 Å². The van der Waals surface area contributed by atoms with E-state index in [1.54, 1.807) is 12.1 Å². The molecule has 1 saturated carbocycles. The van der Waals surface area contributed by atoms with Gasteiger partial charge in [0, 0.05) is 25.8 Å². The Morgan fingerprint density at radius 3 is 2.40 bits per heavy atom. The highest BCUT2D eigenvalue weighted by Gasteiger charge is 2.21. The molecule has 0 aromatic heterocycles. The summed E-state index contributed by atoms with van der Waals surface area (Å²) in [5.41, 5.74) is 0.488. The Morgan fingerprint density at radius 1 is 1.16 bits per heavy atom. The van der Waals surface area contributed by atoms with Gasteiger partial charge in [-0.1, -0.05) is 31.7 Å². The van der Waals surface area contributed by atoms with Gasteiger partial charge >= 0.3 is 0 Å². The molecule has 0 saturated heterocycles. The summed E-state index contributed by atoms with van der Waals surface area (Å²) >= 11 is 0. The van der Waals surface area contributed by atoms with Crippen molar-refractivity contribution in [3.63, 3.8) is 0 Å². The SMILES string of the molecule is C[C@@H](NC1CCCCCC1)C(=O)Nc1cccc(S(=O)(=O)N(C)C)c1. The van der Waals surface area contributed by atoms with E-state index in [2.05, 4.69) is 10.6 Å². The molecule has 1 amide bonds. The summed E-state index contributed by atoms with van der Waals surface area (Å²) in [5.74, 6) is -0.149. The van der Waals surface area contributed by atoms with Crippen LogP contribution in [0.1, 0.15) is 45.4 Å². The molecule has 1 aromatic rings. The molecule has 1 aliphatic carbocycles. The molecule has 0 unspecified atom stereocenters. The van der Waals surface area contributed by atoms with Crippen LogP contribution in [-0.4, -0.2) is 44.8 Å². The van der Waals surface area contributed by atoms with Crippen molar-refractivity contribution in [3.8, 4) is 0 Å². The number of benzene rings is 1. The molecule has 7 heteroatoms. The molecular weight excluding hydrogens is 338 g/mol. The average Bonchev–Trinajstić information content (AvgIpc) is 2.83. The number of nitrogens with zero attached hydrogens (tertiary/aromatic N) is 1. The molecule has 25 heavy (non-hydrogen) atoms. The molecule has 0 heterocycles. The van der Waals surface area contributed by atoms with Crippen LogP contribution < -0.4 is 10.6 Å². The van der Waals surface area contributed by atoms with Crippen molar-refractivity contribution in [1.29, 1.82) is 0 Å².